The molecular weight excluding hydrogens is 271 g/mol. The number of hydrogen-bond acceptors (Lipinski definition) is 3. The Bertz CT molecular complexity index is 479. The van der Waals surface area contributed by atoms with E-state index in [1.54, 1.807) is 18.2 Å². The highest BCUT2D eigenvalue weighted by Gasteiger charge is 2.20. The highest BCUT2D eigenvalue weighted by Crippen LogP contribution is 2.33. The van der Waals surface area contributed by atoms with Gasteiger partial charge in [0.1, 0.15) is 0 Å². The molecule has 0 aromatic heterocycles. The van der Waals surface area contributed by atoms with E-state index < -0.39 is 6.86 Å². The Labute approximate surface area is 125 Å². The van der Waals surface area contributed by atoms with Gasteiger partial charge in [-0.3, -0.25) is 4.79 Å². The summed E-state index contributed by atoms with van der Waals surface area (Å²) in [4.78, 5) is 12.1. The number of carbonyl (C=O) groups excluding carboxylic acids is 1. The number of ketones is 1. The Hall–Kier alpha value is -1.58. The summed E-state index contributed by atoms with van der Waals surface area (Å²) >= 11 is 0. The Kier molecular flexibility index (Phi) is 5.59. The van der Waals surface area contributed by atoms with Crippen LogP contribution in [0.15, 0.2) is 18.2 Å². The van der Waals surface area contributed by atoms with Gasteiger partial charge in [-0.1, -0.05) is 13.8 Å². The van der Waals surface area contributed by atoms with E-state index >= 15 is 0 Å². The molecule has 0 atom stereocenters. The molecule has 2 rings (SSSR count). The highest BCUT2D eigenvalue weighted by molar-refractivity contribution is 5.96. The largest absolute Gasteiger partial charge is 0.487 e. The standard InChI is InChI=1S/C17H23FO3/c1-12(2)9-15(19)13-7-8-16(20-11-18)17(10-13)21-14-5-3-4-6-14/h7-8,10,12,14H,3-6,9,11H2,1-2H3. The number of alkyl halides is 1. The van der Waals surface area contributed by atoms with Gasteiger partial charge in [0.2, 0.25) is 6.86 Å². The fourth-order valence-electron chi connectivity index (χ4n) is 2.63. The second kappa shape index (κ2) is 7.43. The average Bonchev–Trinajstić information content (AvgIpc) is 2.93. The first-order valence-corrected chi connectivity index (χ1v) is 7.63. The van der Waals surface area contributed by atoms with Crippen LogP contribution >= 0.6 is 0 Å². The highest BCUT2D eigenvalue weighted by atomic mass is 19.1. The molecule has 0 saturated heterocycles. The first kappa shape index (κ1) is 15.8. The van der Waals surface area contributed by atoms with E-state index in [2.05, 4.69) is 0 Å². The Morgan fingerprint density at radius 3 is 2.62 bits per heavy atom. The van der Waals surface area contributed by atoms with Crippen molar-refractivity contribution < 1.29 is 18.7 Å². The molecule has 0 heterocycles. The summed E-state index contributed by atoms with van der Waals surface area (Å²) < 4.78 is 23.3. The topological polar surface area (TPSA) is 35.5 Å². The van der Waals surface area contributed by atoms with Crippen LogP contribution in [0.25, 0.3) is 0 Å². The molecule has 0 spiro atoms. The number of hydrogen-bond donors (Lipinski definition) is 0. The molecule has 1 aromatic rings. The molecule has 21 heavy (non-hydrogen) atoms. The number of Topliss-reactive ketones (excluding diaryl/α,β-unsaturated/α-hetero) is 1. The zero-order valence-electron chi connectivity index (χ0n) is 12.7. The van der Waals surface area contributed by atoms with E-state index in [1.165, 1.54) is 0 Å². The summed E-state index contributed by atoms with van der Waals surface area (Å²) in [5.74, 6) is 1.23. The van der Waals surface area contributed by atoms with Gasteiger partial charge in [0.25, 0.3) is 0 Å². The third-order valence-electron chi connectivity index (χ3n) is 3.67. The molecule has 1 aliphatic carbocycles. The van der Waals surface area contributed by atoms with Crippen molar-refractivity contribution in [2.45, 2.75) is 52.1 Å². The van der Waals surface area contributed by atoms with Crippen LogP contribution in [0.4, 0.5) is 4.39 Å². The summed E-state index contributed by atoms with van der Waals surface area (Å²) in [6.07, 6.45) is 4.93. The second-order valence-corrected chi connectivity index (χ2v) is 5.96. The molecule has 0 bridgehead atoms. The Balaban J connectivity index is 2.18. The van der Waals surface area contributed by atoms with Crippen LogP contribution in [0.1, 0.15) is 56.3 Å². The molecule has 0 unspecified atom stereocenters. The van der Waals surface area contributed by atoms with Gasteiger partial charge in [-0.15, -0.1) is 0 Å². The van der Waals surface area contributed by atoms with Gasteiger partial charge in [-0.25, -0.2) is 4.39 Å². The first-order chi connectivity index (χ1) is 10.1. The molecule has 0 aliphatic heterocycles. The molecule has 1 saturated carbocycles. The lowest BCUT2D eigenvalue weighted by Crippen LogP contribution is -2.13. The Morgan fingerprint density at radius 1 is 1.29 bits per heavy atom. The minimum atomic E-state index is -0.902. The normalized spacial score (nSPS) is 15.4. The summed E-state index contributed by atoms with van der Waals surface area (Å²) in [5.41, 5.74) is 0.600. The summed E-state index contributed by atoms with van der Waals surface area (Å²) in [7, 11) is 0. The summed E-state index contributed by atoms with van der Waals surface area (Å²) in [5, 5.41) is 0. The molecule has 1 fully saturated rings. The van der Waals surface area contributed by atoms with E-state index in [1.807, 2.05) is 13.8 Å². The van der Waals surface area contributed by atoms with E-state index in [4.69, 9.17) is 9.47 Å². The summed E-state index contributed by atoms with van der Waals surface area (Å²) in [6.45, 7) is 3.11. The second-order valence-electron chi connectivity index (χ2n) is 5.96. The van der Waals surface area contributed by atoms with Crippen molar-refractivity contribution in [3.8, 4) is 11.5 Å². The van der Waals surface area contributed by atoms with E-state index in [9.17, 15) is 9.18 Å². The van der Waals surface area contributed by atoms with Gasteiger partial charge in [-0.05, 0) is 49.8 Å². The maximum atomic E-state index is 12.5. The van der Waals surface area contributed by atoms with Crippen LogP contribution in [-0.2, 0) is 0 Å². The van der Waals surface area contributed by atoms with Crippen molar-refractivity contribution in [2.75, 3.05) is 6.86 Å². The summed E-state index contributed by atoms with van der Waals surface area (Å²) in [6, 6.07) is 4.99. The zero-order chi connectivity index (χ0) is 15.2. The van der Waals surface area contributed by atoms with Crippen LogP contribution < -0.4 is 9.47 Å². The minimum absolute atomic E-state index is 0.0769. The van der Waals surface area contributed by atoms with Crippen LogP contribution in [-0.4, -0.2) is 18.7 Å². The van der Waals surface area contributed by atoms with Crippen LogP contribution in [0.2, 0.25) is 0 Å². The van der Waals surface area contributed by atoms with E-state index in [0.29, 0.717) is 29.4 Å². The van der Waals surface area contributed by atoms with Crippen LogP contribution in [0.5, 0.6) is 11.5 Å². The van der Waals surface area contributed by atoms with E-state index in [0.717, 1.165) is 25.7 Å². The molecule has 4 heteroatoms. The van der Waals surface area contributed by atoms with Crippen molar-refractivity contribution in [3.63, 3.8) is 0 Å². The monoisotopic (exact) mass is 294 g/mol. The molecule has 1 aliphatic rings. The van der Waals surface area contributed by atoms with Gasteiger partial charge in [0, 0.05) is 12.0 Å². The van der Waals surface area contributed by atoms with Crippen molar-refractivity contribution >= 4 is 5.78 Å². The lowest BCUT2D eigenvalue weighted by molar-refractivity contribution is 0.0966. The smallest absolute Gasteiger partial charge is 0.228 e. The van der Waals surface area contributed by atoms with Crippen LogP contribution in [0.3, 0.4) is 0 Å². The minimum Gasteiger partial charge on any atom is -0.487 e. The molecule has 1 aromatic carbocycles. The first-order valence-electron chi connectivity index (χ1n) is 7.63. The van der Waals surface area contributed by atoms with E-state index in [-0.39, 0.29) is 11.9 Å². The predicted octanol–water partition coefficient (Wildman–Crippen LogP) is 4.54. The third-order valence-corrected chi connectivity index (χ3v) is 3.67. The van der Waals surface area contributed by atoms with Crippen molar-refractivity contribution in [2.24, 2.45) is 5.92 Å². The van der Waals surface area contributed by atoms with Gasteiger partial charge < -0.3 is 9.47 Å². The molecule has 116 valence electrons. The van der Waals surface area contributed by atoms with Gasteiger partial charge in [0.05, 0.1) is 6.10 Å². The SMILES string of the molecule is CC(C)CC(=O)c1ccc(OCF)c(OC2CCCC2)c1. The van der Waals surface area contributed by atoms with Crippen molar-refractivity contribution in [1.29, 1.82) is 0 Å². The van der Waals surface area contributed by atoms with Gasteiger partial charge in [-0.2, -0.15) is 0 Å². The number of carbonyl (C=O) groups is 1. The number of benzene rings is 1. The fourth-order valence-corrected chi connectivity index (χ4v) is 2.63. The van der Waals surface area contributed by atoms with Gasteiger partial charge >= 0.3 is 0 Å². The van der Waals surface area contributed by atoms with Crippen molar-refractivity contribution in [1.82, 2.24) is 0 Å². The number of halogens is 1. The molecule has 0 radical (unpaired) electrons. The quantitative estimate of drug-likeness (QED) is 0.692. The molecular formula is C17H23FO3. The zero-order valence-corrected chi connectivity index (χ0v) is 12.7. The molecule has 3 nitrogen and oxygen atoms in total. The molecule has 0 amide bonds. The maximum absolute atomic E-state index is 12.5. The lowest BCUT2D eigenvalue weighted by Gasteiger charge is -2.17. The van der Waals surface area contributed by atoms with Crippen molar-refractivity contribution in [3.05, 3.63) is 23.8 Å². The predicted molar refractivity (Wildman–Crippen MR) is 79.7 cm³/mol. The maximum Gasteiger partial charge on any atom is 0.228 e. The Morgan fingerprint density at radius 2 is 2.00 bits per heavy atom. The molecule has 0 N–H and O–H groups in total. The van der Waals surface area contributed by atoms with Crippen LogP contribution in [0, 0.1) is 5.92 Å². The number of rotatable bonds is 7. The van der Waals surface area contributed by atoms with Gasteiger partial charge in [0.15, 0.2) is 17.3 Å². The lowest BCUT2D eigenvalue weighted by atomic mass is 10.0. The third kappa shape index (κ3) is 4.45. The fraction of sp³-hybridized carbons (Fsp3) is 0.588. The average molecular weight is 294 g/mol. The number of ether oxygens (including phenoxy) is 2.